The summed E-state index contributed by atoms with van der Waals surface area (Å²) in [5, 5.41) is 9.35. The van der Waals surface area contributed by atoms with Gasteiger partial charge in [0.25, 0.3) is 0 Å². The van der Waals surface area contributed by atoms with Gasteiger partial charge in [0.1, 0.15) is 0 Å². The molecule has 7 heteroatoms. The van der Waals surface area contributed by atoms with Crippen LogP contribution in [0, 0.1) is 5.92 Å². The van der Waals surface area contributed by atoms with Crippen molar-refractivity contribution in [2.24, 2.45) is 13.0 Å². The van der Waals surface area contributed by atoms with E-state index in [-0.39, 0.29) is 5.69 Å². The van der Waals surface area contributed by atoms with Crippen LogP contribution in [0.3, 0.4) is 0 Å². The van der Waals surface area contributed by atoms with E-state index in [0.29, 0.717) is 11.7 Å². The summed E-state index contributed by atoms with van der Waals surface area (Å²) in [6, 6.07) is 27.4. The lowest BCUT2D eigenvalue weighted by atomic mass is 9.96. The van der Waals surface area contributed by atoms with Crippen molar-refractivity contribution in [2.75, 3.05) is 13.1 Å². The Morgan fingerprint density at radius 2 is 1.54 bits per heavy atom. The van der Waals surface area contributed by atoms with Gasteiger partial charge in [-0.3, -0.25) is 4.90 Å². The molecular formula is C32H32N6O. The summed E-state index contributed by atoms with van der Waals surface area (Å²) in [6.07, 6.45) is 6.54. The lowest BCUT2D eigenvalue weighted by Crippen LogP contribution is -2.34. The molecule has 0 radical (unpaired) electrons. The van der Waals surface area contributed by atoms with E-state index in [0.717, 1.165) is 59.2 Å². The zero-order valence-corrected chi connectivity index (χ0v) is 22.1. The van der Waals surface area contributed by atoms with Gasteiger partial charge in [-0.1, -0.05) is 66.7 Å². The van der Waals surface area contributed by atoms with Gasteiger partial charge in [0.15, 0.2) is 5.82 Å². The lowest BCUT2D eigenvalue weighted by molar-refractivity contribution is 0.168. The fourth-order valence-electron chi connectivity index (χ4n) is 6.22. The Kier molecular flexibility index (Phi) is 5.93. The monoisotopic (exact) mass is 516 g/mol. The average Bonchev–Trinajstić information content (AvgIpc) is 3.63. The van der Waals surface area contributed by atoms with E-state index in [4.69, 9.17) is 0 Å². The molecule has 4 heterocycles. The Balaban J connectivity index is 1.20. The highest BCUT2D eigenvalue weighted by molar-refractivity contribution is 5.96. The highest BCUT2D eigenvalue weighted by Crippen LogP contribution is 2.33. The molecular weight excluding hydrogens is 484 g/mol. The molecule has 1 N–H and O–H groups in total. The number of aromatic amines is 1. The van der Waals surface area contributed by atoms with Gasteiger partial charge < -0.3 is 9.13 Å². The van der Waals surface area contributed by atoms with Gasteiger partial charge in [0.05, 0.1) is 11.2 Å². The van der Waals surface area contributed by atoms with Crippen LogP contribution < -0.4 is 5.69 Å². The first-order valence-corrected chi connectivity index (χ1v) is 13.7. The third kappa shape index (κ3) is 4.29. The van der Waals surface area contributed by atoms with Crippen LogP contribution in [0.5, 0.6) is 0 Å². The molecule has 1 saturated heterocycles. The fraction of sp³-hybridized carbons (Fsp3) is 0.250. The summed E-state index contributed by atoms with van der Waals surface area (Å²) in [6.45, 7) is 4.18. The van der Waals surface area contributed by atoms with E-state index >= 15 is 0 Å². The number of piperidine rings is 1. The Labute approximate surface area is 226 Å². The maximum Gasteiger partial charge on any atom is 0.348 e. The van der Waals surface area contributed by atoms with Crippen molar-refractivity contribution in [2.45, 2.75) is 25.9 Å². The van der Waals surface area contributed by atoms with E-state index in [1.54, 1.807) is 4.57 Å². The van der Waals surface area contributed by atoms with Gasteiger partial charge in [-0.2, -0.15) is 5.10 Å². The number of rotatable bonds is 6. The molecule has 0 spiro atoms. The normalized spacial score (nSPS) is 15.0. The van der Waals surface area contributed by atoms with E-state index in [2.05, 4.69) is 97.3 Å². The van der Waals surface area contributed by atoms with Crippen LogP contribution in [-0.4, -0.2) is 41.9 Å². The second-order valence-corrected chi connectivity index (χ2v) is 10.7. The summed E-state index contributed by atoms with van der Waals surface area (Å²) in [5.74, 6) is 1.23. The van der Waals surface area contributed by atoms with Crippen molar-refractivity contribution in [3.05, 3.63) is 107 Å². The largest absolute Gasteiger partial charge is 0.350 e. The molecule has 3 aromatic heterocycles. The molecule has 7 nitrogen and oxygen atoms in total. The number of benzene rings is 3. The van der Waals surface area contributed by atoms with Gasteiger partial charge in [-0.05, 0) is 49.5 Å². The number of aromatic nitrogens is 5. The smallest absolute Gasteiger partial charge is 0.348 e. The van der Waals surface area contributed by atoms with Gasteiger partial charge in [-0.15, -0.1) is 0 Å². The first-order chi connectivity index (χ1) is 19.2. The topological polar surface area (TPSA) is 63.8 Å². The number of nitrogens with zero attached hydrogens (tertiary/aromatic N) is 5. The van der Waals surface area contributed by atoms with Crippen LogP contribution in [0.1, 0.15) is 18.4 Å². The lowest BCUT2D eigenvalue weighted by Gasteiger charge is -2.32. The number of hydrogen-bond donors (Lipinski definition) is 1. The van der Waals surface area contributed by atoms with Gasteiger partial charge in [0.2, 0.25) is 0 Å². The average molecular weight is 517 g/mol. The molecule has 0 saturated carbocycles. The molecule has 0 unspecified atom stereocenters. The molecule has 196 valence electrons. The minimum Gasteiger partial charge on any atom is -0.350 e. The van der Waals surface area contributed by atoms with Crippen molar-refractivity contribution in [3.8, 4) is 17.1 Å². The molecule has 7 rings (SSSR count). The third-order valence-electron chi connectivity index (χ3n) is 8.23. The van der Waals surface area contributed by atoms with Crippen LogP contribution in [-0.2, 0) is 20.1 Å². The Morgan fingerprint density at radius 3 is 2.33 bits per heavy atom. The molecule has 0 aliphatic carbocycles. The minimum absolute atomic E-state index is 0.227. The second-order valence-electron chi connectivity index (χ2n) is 10.7. The minimum atomic E-state index is -0.227. The number of H-pyrrole nitrogens is 1. The molecule has 0 atom stereocenters. The quantitative estimate of drug-likeness (QED) is 0.314. The van der Waals surface area contributed by atoms with Crippen LogP contribution >= 0.6 is 0 Å². The Morgan fingerprint density at radius 1 is 0.846 bits per heavy atom. The fourth-order valence-corrected chi connectivity index (χ4v) is 6.22. The second kappa shape index (κ2) is 9.75. The highest BCUT2D eigenvalue weighted by atomic mass is 16.1. The highest BCUT2D eigenvalue weighted by Gasteiger charge is 2.23. The Bertz CT molecular complexity index is 1810. The van der Waals surface area contributed by atoms with Crippen molar-refractivity contribution in [1.82, 2.24) is 28.8 Å². The maximum atomic E-state index is 13.2. The zero-order chi connectivity index (χ0) is 26.3. The van der Waals surface area contributed by atoms with Crippen molar-refractivity contribution in [3.63, 3.8) is 0 Å². The van der Waals surface area contributed by atoms with Gasteiger partial charge in [0, 0.05) is 54.4 Å². The molecule has 1 aliphatic rings. The molecule has 0 amide bonds. The first kappa shape index (κ1) is 23.7. The molecule has 1 aliphatic heterocycles. The summed E-state index contributed by atoms with van der Waals surface area (Å²) in [5.41, 5.74) is 5.22. The van der Waals surface area contributed by atoms with Crippen LogP contribution in [0.15, 0.2) is 96.1 Å². The summed E-state index contributed by atoms with van der Waals surface area (Å²) in [7, 11) is 2.03. The van der Waals surface area contributed by atoms with Crippen molar-refractivity contribution < 1.29 is 0 Å². The number of para-hydroxylation sites is 2. The third-order valence-corrected chi connectivity index (χ3v) is 8.23. The van der Waals surface area contributed by atoms with Crippen LogP contribution in [0.25, 0.3) is 38.9 Å². The summed E-state index contributed by atoms with van der Waals surface area (Å²) in [4.78, 5) is 15.8. The summed E-state index contributed by atoms with van der Waals surface area (Å²) >= 11 is 0. The molecule has 3 aromatic carbocycles. The molecule has 0 bridgehead atoms. The predicted octanol–water partition coefficient (Wildman–Crippen LogP) is 5.59. The standard InChI is InChI=1S/C32H32N6O/c1-35-21-27(25-11-5-7-13-28(25)35)31-33-34-32(39)38(31)30-22-37(29-14-8-6-12-26(29)30)20-24-15-17-36(18-16-24)19-23-9-3-2-4-10-23/h2-14,21-22,24H,15-20H2,1H3,(H,34,39). The predicted molar refractivity (Wildman–Crippen MR) is 156 cm³/mol. The molecule has 6 aromatic rings. The molecule has 1 fully saturated rings. The Hall–Kier alpha value is -4.36. The SMILES string of the molecule is Cn1cc(-c2n[nH]c(=O)n2-c2cn(CC3CCN(Cc4ccccc4)CC3)c3ccccc23)c2ccccc21. The van der Waals surface area contributed by atoms with Crippen LogP contribution in [0.2, 0.25) is 0 Å². The number of hydrogen-bond acceptors (Lipinski definition) is 3. The van der Waals surface area contributed by atoms with E-state index < -0.39 is 0 Å². The van der Waals surface area contributed by atoms with E-state index in [9.17, 15) is 4.79 Å². The number of nitrogens with one attached hydrogen (secondary N) is 1. The zero-order valence-electron chi connectivity index (χ0n) is 22.1. The van der Waals surface area contributed by atoms with E-state index in [1.807, 2.05) is 25.2 Å². The number of fused-ring (bicyclic) bond motifs is 2. The van der Waals surface area contributed by atoms with Crippen LogP contribution in [0.4, 0.5) is 0 Å². The summed E-state index contributed by atoms with van der Waals surface area (Å²) < 4.78 is 6.17. The van der Waals surface area contributed by atoms with Gasteiger partial charge in [-0.25, -0.2) is 14.5 Å². The van der Waals surface area contributed by atoms with Crippen molar-refractivity contribution in [1.29, 1.82) is 0 Å². The molecule has 39 heavy (non-hydrogen) atoms. The van der Waals surface area contributed by atoms with Crippen molar-refractivity contribution >= 4 is 21.8 Å². The van der Waals surface area contributed by atoms with Gasteiger partial charge >= 0.3 is 5.69 Å². The first-order valence-electron chi connectivity index (χ1n) is 13.7. The van der Waals surface area contributed by atoms with E-state index in [1.165, 1.54) is 18.4 Å². The maximum absolute atomic E-state index is 13.2. The number of likely N-dealkylation sites (tertiary alicyclic amines) is 1. The number of aryl methyl sites for hydroxylation is 1.